The molecule has 2 heterocycles. The van der Waals surface area contributed by atoms with E-state index in [2.05, 4.69) is 29.0 Å². The van der Waals surface area contributed by atoms with E-state index < -0.39 is 0 Å². The number of nitrogens with one attached hydrogen (secondary N) is 1. The molecule has 2 atom stereocenters. The summed E-state index contributed by atoms with van der Waals surface area (Å²) in [4.78, 5) is 7.98. The summed E-state index contributed by atoms with van der Waals surface area (Å²) >= 11 is 6.38. The molecule has 1 aliphatic heterocycles. The lowest BCUT2D eigenvalue weighted by Crippen LogP contribution is -2.19. The van der Waals surface area contributed by atoms with Crippen molar-refractivity contribution in [2.24, 2.45) is 4.99 Å². The number of aryl methyl sites for hydroxylation is 1. The van der Waals surface area contributed by atoms with Gasteiger partial charge in [0.15, 0.2) is 0 Å². The highest BCUT2D eigenvalue weighted by Gasteiger charge is 2.27. The molecule has 1 aliphatic carbocycles. The predicted octanol–water partition coefficient (Wildman–Crippen LogP) is 3.12. The second kappa shape index (κ2) is 4.34. The molecule has 20 heavy (non-hydrogen) atoms. The van der Waals surface area contributed by atoms with Gasteiger partial charge in [-0.25, -0.2) is 0 Å². The molecule has 2 aromatic rings. The molecule has 3 nitrogen and oxygen atoms in total. The number of benzene rings is 1. The van der Waals surface area contributed by atoms with Gasteiger partial charge >= 0.3 is 0 Å². The first-order valence-electron chi connectivity index (χ1n) is 7.20. The van der Waals surface area contributed by atoms with Crippen molar-refractivity contribution in [2.45, 2.75) is 38.2 Å². The Morgan fingerprint density at radius 2 is 2.25 bits per heavy atom. The molecule has 2 N–H and O–H groups in total. The minimum atomic E-state index is -0.210. The number of hydrogen-bond donors (Lipinski definition) is 2. The van der Waals surface area contributed by atoms with Crippen LogP contribution < -0.4 is 0 Å². The van der Waals surface area contributed by atoms with Gasteiger partial charge in [0.2, 0.25) is 0 Å². The molecule has 0 bridgehead atoms. The van der Waals surface area contributed by atoms with E-state index in [9.17, 15) is 5.11 Å². The maximum absolute atomic E-state index is 9.85. The highest BCUT2D eigenvalue weighted by molar-refractivity contribution is 6.70. The van der Waals surface area contributed by atoms with Crippen LogP contribution in [-0.2, 0) is 12.8 Å². The van der Waals surface area contributed by atoms with Gasteiger partial charge in [0.05, 0.1) is 6.10 Å². The third kappa shape index (κ3) is 1.66. The lowest BCUT2D eigenvalue weighted by atomic mass is 9.86. The molecule has 1 aromatic carbocycles. The standard InChI is InChI=1S/C16H17ClN2O/c1-8-7-18-16(17)14-13-11-4-3-10(20)6-9(11)2-5-12(13)19-15(8)14/h2,5,8,10,19-20H,3-4,6-7H2,1H3. The van der Waals surface area contributed by atoms with Crippen LogP contribution in [-0.4, -0.2) is 27.9 Å². The summed E-state index contributed by atoms with van der Waals surface area (Å²) < 4.78 is 0. The maximum atomic E-state index is 9.85. The summed E-state index contributed by atoms with van der Waals surface area (Å²) in [7, 11) is 0. The highest BCUT2D eigenvalue weighted by atomic mass is 35.5. The minimum Gasteiger partial charge on any atom is -0.393 e. The van der Waals surface area contributed by atoms with E-state index in [-0.39, 0.29) is 6.10 Å². The van der Waals surface area contributed by atoms with Gasteiger partial charge in [-0.3, -0.25) is 4.99 Å². The summed E-state index contributed by atoms with van der Waals surface area (Å²) in [5, 5.41) is 11.7. The van der Waals surface area contributed by atoms with Crippen LogP contribution in [0.5, 0.6) is 0 Å². The average Bonchev–Trinajstić information content (AvgIpc) is 2.83. The Kier molecular flexibility index (Phi) is 2.69. The van der Waals surface area contributed by atoms with Gasteiger partial charge in [-0.1, -0.05) is 24.6 Å². The van der Waals surface area contributed by atoms with E-state index in [1.54, 1.807) is 0 Å². The van der Waals surface area contributed by atoms with Crippen LogP contribution in [0, 0.1) is 0 Å². The SMILES string of the molecule is CC1CN=C(Cl)c2c1[nH]c1ccc3c(c21)CCC(O)C3. The first-order valence-corrected chi connectivity index (χ1v) is 7.57. The number of nitrogens with zero attached hydrogens (tertiary/aromatic N) is 1. The van der Waals surface area contributed by atoms with Crippen molar-refractivity contribution in [3.63, 3.8) is 0 Å². The van der Waals surface area contributed by atoms with Crippen LogP contribution in [0.3, 0.4) is 0 Å². The van der Waals surface area contributed by atoms with Crippen LogP contribution in [0.2, 0.25) is 0 Å². The van der Waals surface area contributed by atoms with E-state index in [1.807, 2.05) is 0 Å². The molecule has 2 unspecified atom stereocenters. The molecule has 0 spiro atoms. The maximum Gasteiger partial charge on any atom is 0.133 e. The molecule has 1 aromatic heterocycles. The zero-order valence-electron chi connectivity index (χ0n) is 11.4. The number of H-pyrrole nitrogens is 1. The van der Waals surface area contributed by atoms with Crippen LogP contribution in [0.25, 0.3) is 10.9 Å². The normalized spacial score (nSPS) is 25.2. The molecule has 4 heteroatoms. The zero-order chi connectivity index (χ0) is 13.9. The van der Waals surface area contributed by atoms with E-state index in [4.69, 9.17) is 11.6 Å². The quantitative estimate of drug-likeness (QED) is 0.769. The molecule has 0 radical (unpaired) electrons. The summed E-state index contributed by atoms with van der Waals surface area (Å²) in [5.74, 6) is 0.379. The van der Waals surface area contributed by atoms with Gasteiger partial charge in [-0.05, 0) is 36.5 Å². The molecule has 0 amide bonds. The largest absolute Gasteiger partial charge is 0.393 e. The second-order valence-electron chi connectivity index (χ2n) is 5.97. The summed E-state index contributed by atoms with van der Waals surface area (Å²) in [5.41, 5.74) is 6.04. The van der Waals surface area contributed by atoms with Crippen molar-refractivity contribution in [2.75, 3.05) is 6.54 Å². The van der Waals surface area contributed by atoms with Crippen molar-refractivity contribution < 1.29 is 5.11 Å². The third-order valence-electron chi connectivity index (χ3n) is 4.58. The van der Waals surface area contributed by atoms with Gasteiger partial charge < -0.3 is 10.1 Å². The van der Waals surface area contributed by atoms with Crippen LogP contribution in [0.15, 0.2) is 17.1 Å². The molecule has 104 valence electrons. The Morgan fingerprint density at radius 1 is 1.40 bits per heavy atom. The molecule has 0 saturated heterocycles. The fraction of sp³-hybridized carbons (Fsp3) is 0.438. The van der Waals surface area contributed by atoms with Gasteiger partial charge in [-0.15, -0.1) is 0 Å². The van der Waals surface area contributed by atoms with Gasteiger partial charge in [0.25, 0.3) is 0 Å². The number of aliphatic hydroxyl groups is 1. The van der Waals surface area contributed by atoms with Crippen molar-refractivity contribution in [3.8, 4) is 0 Å². The van der Waals surface area contributed by atoms with Gasteiger partial charge in [0, 0.05) is 34.6 Å². The van der Waals surface area contributed by atoms with Crippen LogP contribution >= 0.6 is 11.6 Å². The average molecular weight is 289 g/mol. The molecule has 4 rings (SSSR count). The number of rotatable bonds is 0. The van der Waals surface area contributed by atoms with E-state index in [0.717, 1.165) is 36.9 Å². The molecule has 0 fully saturated rings. The fourth-order valence-corrected chi connectivity index (χ4v) is 3.80. The van der Waals surface area contributed by atoms with Gasteiger partial charge in [0.1, 0.15) is 5.17 Å². The topological polar surface area (TPSA) is 48.4 Å². The molecular weight excluding hydrogens is 272 g/mol. The Labute approximate surface area is 122 Å². The Morgan fingerprint density at radius 3 is 3.10 bits per heavy atom. The van der Waals surface area contributed by atoms with Gasteiger partial charge in [-0.2, -0.15) is 0 Å². The molecule has 2 aliphatic rings. The Hall–Kier alpha value is -1.32. The number of fused-ring (bicyclic) bond motifs is 5. The van der Waals surface area contributed by atoms with E-state index >= 15 is 0 Å². The number of aliphatic hydroxyl groups excluding tert-OH is 1. The molecule has 0 saturated carbocycles. The zero-order valence-corrected chi connectivity index (χ0v) is 12.2. The van der Waals surface area contributed by atoms with Crippen molar-refractivity contribution in [3.05, 3.63) is 34.5 Å². The monoisotopic (exact) mass is 288 g/mol. The minimum absolute atomic E-state index is 0.210. The Bertz CT molecular complexity index is 732. The fourth-order valence-electron chi connectivity index (χ4n) is 3.54. The first kappa shape index (κ1) is 12.4. The third-order valence-corrected chi connectivity index (χ3v) is 4.89. The number of hydrogen-bond acceptors (Lipinski definition) is 2. The highest BCUT2D eigenvalue weighted by Crippen LogP contribution is 2.38. The summed E-state index contributed by atoms with van der Waals surface area (Å²) in [6.45, 7) is 2.93. The summed E-state index contributed by atoms with van der Waals surface area (Å²) in [6, 6.07) is 4.25. The smallest absolute Gasteiger partial charge is 0.133 e. The number of aromatic amines is 1. The lowest BCUT2D eigenvalue weighted by Gasteiger charge is -2.22. The van der Waals surface area contributed by atoms with Crippen molar-refractivity contribution >= 4 is 27.7 Å². The number of halogens is 1. The summed E-state index contributed by atoms with van der Waals surface area (Å²) in [6.07, 6.45) is 2.28. The first-order chi connectivity index (χ1) is 9.65. The van der Waals surface area contributed by atoms with Crippen molar-refractivity contribution in [1.29, 1.82) is 0 Å². The number of aromatic nitrogens is 1. The molecular formula is C16H17ClN2O. The Balaban J connectivity index is 2.04. The van der Waals surface area contributed by atoms with E-state index in [1.165, 1.54) is 22.2 Å². The van der Waals surface area contributed by atoms with E-state index in [0.29, 0.717) is 11.1 Å². The van der Waals surface area contributed by atoms with Crippen molar-refractivity contribution in [1.82, 2.24) is 4.98 Å². The second-order valence-corrected chi connectivity index (χ2v) is 6.33. The van der Waals surface area contributed by atoms with Crippen LogP contribution in [0.4, 0.5) is 0 Å². The lowest BCUT2D eigenvalue weighted by molar-refractivity contribution is 0.159. The van der Waals surface area contributed by atoms with Crippen LogP contribution in [0.1, 0.15) is 41.6 Å². The predicted molar refractivity (Wildman–Crippen MR) is 82.0 cm³/mol. The number of aliphatic imine (C=N–C) groups is 1.